The summed E-state index contributed by atoms with van der Waals surface area (Å²) in [6.07, 6.45) is 4.67. The predicted molar refractivity (Wildman–Crippen MR) is 93.0 cm³/mol. The minimum absolute atomic E-state index is 0.228. The monoisotopic (exact) mass is 354 g/mol. The summed E-state index contributed by atoms with van der Waals surface area (Å²) < 4.78 is 6.92. The number of ether oxygens (including phenoxy) is 1. The normalized spacial score (nSPS) is 19.7. The van der Waals surface area contributed by atoms with Gasteiger partial charge in [-0.1, -0.05) is 28.9 Å². The van der Waals surface area contributed by atoms with Crippen LogP contribution < -0.4 is 10.6 Å². The Morgan fingerprint density at radius 3 is 2.86 bits per heavy atom. The van der Waals surface area contributed by atoms with Gasteiger partial charge in [0.2, 0.25) is 0 Å². The van der Waals surface area contributed by atoms with Gasteiger partial charge in [0, 0.05) is 35.9 Å². The van der Waals surface area contributed by atoms with Gasteiger partial charge in [-0.3, -0.25) is 0 Å². The molecule has 0 aliphatic carbocycles. The van der Waals surface area contributed by atoms with Crippen molar-refractivity contribution in [3.05, 3.63) is 28.2 Å². The maximum Gasteiger partial charge on any atom is 0.0750 e. The number of rotatable bonds is 7. The van der Waals surface area contributed by atoms with Gasteiger partial charge in [0.1, 0.15) is 0 Å². The maximum atomic E-state index is 6.16. The second-order valence-corrected chi connectivity index (χ2v) is 6.73. The molecule has 0 spiro atoms. The molecule has 0 aromatic heterocycles. The highest BCUT2D eigenvalue weighted by atomic mass is 79.9. The molecule has 2 unspecified atom stereocenters. The summed E-state index contributed by atoms with van der Waals surface area (Å²) in [6.45, 7) is 7.23. The second-order valence-electron chi connectivity index (χ2n) is 5.82. The van der Waals surface area contributed by atoms with E-state index in [-0.39, 0.29) is 6.04 Å². The zero-order valence-corrected chi connectivity index (χ0v) is 14.7. The van der Waals surface area contributed by atoms with E-state index in [4.69, 9.17) is 10.5 Å². The van der Waals surface area contributed by atoms with Crippen molar-refractivity contribution in [3.63, 3.8) is 0 Å². The third-order valence-corrected chi connectivity index (χ3v) is 4.72. The van der Waals surface area contributed by atoms with Gasteiger partial charge in [0.05, 0.1) is 6.10 Å². The minimum atomic E-state index is 0.228. The van der Waals surface area contributed by atoms with Crippen molar-refractivity contribution in [2.24, 2.45) is 5.73 Å². The smallest absolute Gasteiger partial charge is 0.0750 e. The number of hydrogen-bond donors (Lipinski definition) is 1. The third kappa shape index (κ3) is 4.70. The SMILES string of the molecule is CCC(N)Cc1ccc(Br)cc1N(CC)CC1CCCO1. The Balaban J connectivity index is 2.18. The standard InChI is InChI=1S/C17H27BrN2O/c1-3-15(19)10-13-7-8-14(18)11-17(13)20(4-2)12-16-6-5-9-21-16/h7-8,11,15-16H,3-6,9-10,12,19H2,1-2H3. The van der Waals surface area contributed by atoms with Gasteiger partial charge in [-0.2, -0.15) is 0 Å². The second kappa shape index (κ2) is 8.16. The number of nitrogens with zero attached hydrogens (tertiary/aromatic N) is 1. The molecule has 2 atom stereocenters. The van der Waals surface area contributed by atoms with E-state index in [1.807, 2.05) is 0 Å². The van der Waals surface area contributed by atoms with Crippen LogP contribution in [0.5, 0.6) is 0 Å². The van der Waals surface area contributed by atoms with Gasteiger partial charge in [-0.05, 0) is 50.3 Å². The average molecular weight is 355 g/mol. The van der Waals surface area contributed by atoms with Crippen molar-refractivity contribution < 1.29 is 4.74 Å². The van der Waals surface area contributed by atoms with Gasteiger partial charge in [0.25, 0.3) is 0 Å². The molecular formula is C17H27BrN2O. The Kier molecular flexibility index (Phi) is 6.52. The molecule has 1 saturated heterocycles. The Hall–Kier alpha value is -0.580. The van der Waals surface area contributed by atoms with Gasteiger partial charge in [0.15, 0.2) is 0 Å². The van der Waals surface area contributed by atoms with E-state index < -0.39 is 0 Å². The first-order chi connectivity index (χ1) is 10.1. The van der Waals surface area contributed by atoms with Crippen molar-refractivity contribution in [1.29, 1.82) is 0 Å². The van der Waals surface area contributed by atoms with Crippen LogP contribution >= 0.6 is 15.9 Å². The fraction of sp³-hybridized carbons (Fsp3) is 0.647. The molecule has 0 bridgehead atoms. The third-order valence-electron chi connectivity index (χ3n) is 4.22. The van der Waals surface area contributed by atoms with Crippen LogP contribution in [-0.2, 0) is 11.2 Å². The molecule has 4 heteroatoms. The fourth-order valence-corrected chi connectivity index (χ4v) is 3.21. The molecule has 21 heavy (non-hydrogen) atoms. The molecule has 2 N–H and O–H groups in total. The topological polar surface area (TPSA) is 38.5 Å². The van der Waals surface area contributed by atoms with Crippen LogP contribution in [0.15, 0.2) is 22.7 Å². The fourth-order valence-electron chi connectivity index (χ4n) is 2.86. The van der Waals surface area contributed by atoms with E-state index in [1.54, 1.807) is 0 Å². The van der Waals surface area contributed by atoms with E-state index in [0.29, 0.717) is 6.10 Å². The lowest BCUT2D eigenvalue weighted by molar-refractivity contribution is 0.115. The van der Waals surface area contributed by atoms with Crippen LogP contribution in [0.1, 0.15) is 38.7 Å². The molecule has 0 saturated carbocycles. The van der Waals surface area contributed by atoms with Crippen molar-refractivity contribution in [2.45, 2.75) is 51.7 Å². The lowest BCUT2D eigenvalue weighted by Crippen LogP contribution is -2.33. The molecule has 1 aliphatic rings. The molecule has 1 aliphatic heterocycles. The molecule has 2 rings (SSSR count). The number of benzene rings is 1. The zero-order chi connectivity index (χ0) is 15.2. The summed E-state index contributed by atoms with van der Waals surface area (Å²) >= 11 is 3.60. The number of likely N-dealkylation sites (N-methyl/N-ethyl adjacent to an activating group) is 1. The van der Waals surface area contributed by atoms with Crippen LogP contribution in [0.25, 0.3) is 0 Å². The number of halogens is 1. The lowest BCUT2D eigenvalue weighted by Gasteiger charge is -2.29. The summed E-state index contributed by atoms with van der Waals surface area (Å²) in [7, 11) is 0. The highest BCUT2D eigenvalue weighted by Crippen LogP contribution is 2.28. The number of anilines is 1. The molecule has 1 aromatic carbocycles. The van der Waals surface area contributed by atoms with Gasteiger partial charge < -0.3 is 15.4 Å². The van der Waals surface area contributed by atoms with E-state index >= 15 is 0 Å². The summed E-state index contributed by atoms with van der Waals surface area (Å²) in [5.74, 6) is 0. The Bertz CT molecular complexity index is 446. The highest BCUT2D eigenvalue weighted by molar-refractivity contribution is 9.10. The van der Waals surface area contributed by atoms with Crippen molar-refractivity contribution in [2.75, 3.05) is 24.6 Å². The zero-order valence-electron chi connectivity index (χ0n) is 13.1. The largest absolute Gasteiger partial charge is 0.376 e. The minimum Gasteiger partial charge on any atom is -0.376 e. The molecule has 1 aromatic rings. The average Bonchev–Trinajstić information content (AvgIpc) is 2.99. The lowest BCUT2D eigenvalue weighted by atomic mass is 10.0. The summed E-state index contributed by atoms with van der Waals surface area (Å²) in [5, 5.41) is 0. The van der Waals surface area contributed by atoms with Crippen LogP contribution in [0.2, 0.25) is 0 Å². The molecule has 118 valence electrons. The van der Waals surface area contributed by atoms with Crippen molar-refractivity contribution in [1.82, 2.24) is 0 Å². The van der Waals surface area contributed by atoms with Crippen molar-refractivity contribution >= 4 is 21.6 Å². The first kappa shape index (κ1) is 16.8. The summed E-state index contributed by atoms with van der Waals surface area (Å²) in [5.41, 5.74) is 8.80. The van der Waals surface area contributed by atoms with E-state index in [0.717, 1.165) is 37.0 Å². The number of nitrogens with two attached hydrogens (primary N) is 1. The van der Waals surface area contributed by atoms with Gasteiger partial charge in [-0.15, -0.1) is 0 Å². The van der Waals surface area contributed by atoms with E-state index in [2.05, 4.69) is 52.9 Å². The maximum absolute atomic E-state index is 6.16. The molecule has 0 radical (unpaired) electrons. The quantitative estimate of drug-likeness (QED) is 0.810. The highest BCUT2D eigenvalue weighted by Gasteiger charge is 2.20. The number of hydrogen-bond acceptors (Lipinski definition) is 3. The van der Waals surface area contributed by atoms with Crippen LogP contribution in [0, 0.1) is 0 Å². The first-order valence-corrected chi connectivity index (χ1v) is 8.83. The van der Waals surface area contributed by atoms with E-state index in [9.17, 15) is 0 Å². The molecule has 3 nitrogen and oxygen atoms in total. The Morgan fingerprint density at radius 1 is 1.43 bits per heavy atom. The summed E-state index contributed by atoms with van der Waals surface area (Å²) in [4.78, 5) is 2.43. The van der Waals surface area contributed by atoms with E-state index in [1.165, 1.54) is 24.1 Å². The summed E-state index contributed by atoms with van der Waals surface area (Å²) in [6, 6.07) is 6.76. The van der Waals surface area contributed by atoms with Gasteiger partial charge in [-0.25, -0.2) is 0 Å². The first-order valence-electron chi connectivity index (χ1n) is 8.04. The van der Waals surface area contributed by atoms with Crippen LogP contribution in [0.4, 0.5) is 5.69 Å². The van der Waals surface area contributed by atoms with Gasteiger partial charge >= 0.3 is 0 Å². The Labute approximate surface area is 137 Å². The molecular weight excluding hydrogens is 328 g/mol. The van der Waals surface area contributed by atoms with Crippen LogP contribution in [0.3, 0.4) is 0 Å². The molecule has 1 fully saturated rings. The van der Waals surface area contributed by atoms with Crippen molar-refractivity contribution in [3.8, 4) is 0 Å². The molecule has 1 heterocycles. The van der Waals surface area contributed by atoms with Crippen LogP contribution in [-0.4, -0.2) is 31.8 Å². The Morgan fingerprint density at radius 2 is 2.24 bits per heavy atom. The predicted octanol–water partition coefficient (Wildman–Crippen LogP) is 3.73. The molecule has 0 amide bonds.